The van der Waals surface area contributed by atoms with Crippen molar-refractivity contribution in [3.05, 3.63) is 65.2 Å². The number of fused-ring (bicyclic) bond motifs is 1. The molecule has 2 aliphatic rings. The van der Waals surface area contributed by atoms with Crippen LogP contribution < -0.4 is 15.5 Å². The highest BCUT2D eigenvalue weighted by atomic mass is 16.2. The van der Waals surface area contributed by atoms with E-state index in [9.17, 15) is 9.59 Å². The summed E-state index contributed by atoms with van der Waals surface area (Å²) in [4.78, 5) is 29.3. The van der Waals surface area contributed by atoms with Crippen molar-refractivity contribution in [3.63, 3.8) is 0 Å². The Kier molecular flexibility index (Phi) is 6.33. The molecule has 0 saturated carbocycles. The summed E-state index contributed by atoms with van der Waals surface area (Å²) in [6.07, 6.45) is 3.41. The van der Waals surface area contributed by atoms with E-state index in [1.165, 1.54) is 29.7 Å². The molecule has 0 spiro atoms. The van der Waals surface area contributed by atoms with E-state index in [1.807, 2.05) is 30.3 Å². The van der Waals surface area contributed by atoms with Gasteiger partial charge in [0.15, 0.2) is 0 Å². The lowest BCUT2D eigenvalue weighted by molar-refractivity contribution is -0.139. The van der Waals surface area contributed by atoms with E-state index in [1.54, 1.807) is 0 Å². The Bertz CT molecular complexity index is 893. The van der Waals surface area contributed by atoms with Gasteiger partial charge in [-0.1, -0.05) is 42.5 Å². The predicted octanol–water partition coefficient (Wildman–Crippen LogP) is 2.25. The number of carbonyl (C=O) groups excluding carboxylic acids is 2. The fourth-order valence-corrected chi connectivity index (χ4v) is 4.43. The number of hydrogen-bond donors (Lipinski definition) is 2. The number of anilines is 1. The lowest BCUT2D eigenvalue weighted by Crippen LogP contribution is -2.43. The highest BCUT2D eigenvalue weighted by Crippen LogP contribution is 2.32. The number of nitrogens with zero attached hydrogens (tertiary/aromatic N) is 2. The molecule has 0 aliphatic carbocycles. The molecule has 0 radical (unpaired) electrons. The van der Waals surface area contributed by atoms with Gasteiger partial charge in [0.2, 0.25) is 0 Å². The SMILES string of the molecule is CN1CCc2cc([C@@H](CNC(=O)C(=O)NCc3ccccc3)N3CCCC3)ccc21. The normalized spacial score (nSPS) is 16.9. The van der Waals surface area contributed by atoms with Crippen LogP contribution in [0.5, 0.6) is 0 Å². The third kappa shape index (κ3) is 4.65. The van der Waals surface area contributed by atoms with Crippen LogP contribution in [0.15, 0.2) is 48.5 Å². The first-order valence-electron chi connectivity index (χ1n) is 10.8. The van der Waals surface area contributed by atoms with E-state index < -0.39 is 11.8 Å². The fraction of sp³-hybridized carbons (Fsp3) is 0.417. The van der Waals surface area contributed by atoms with E-state index in [0.29, 0.717) is 13.1 Å². The molecule has 0 aromatic heterocycles. The minimum absolute atomic E-state index is 0.0922. The molecule has 1 fully saturated rings. The molecule has 2 aliphatic heterocycles. The summed E-state index contributed by atoms with van der Waals surface area (Å²) in [6.45, 7) is 3.88. The van der Waals surface area contributed by atoms with Gasteiger partial charge < -0.3 is 15.5 Å². The van der Waals surface area contributed by atoms with Crippen LogP contribution in [0.1, 0.15) is 35.6 Å². The van der Waals surface area contributed by atoms with Gasteiger partial charge in [0.25, 0.3) is 0 Å². The van der Waals surface area contributed by atoms with Crippen LogP contribution in [0, 0.1) is 0 Å². The van der Waals surface area contributed by atoms with Gasteiger partial charge in [-0.15, -0.1) is 0 Å². The highest BCUT2D eigenvalue weighted by molar-refractivity contribution is 6.35. The summed E-state index contributed by atoms with van der Waals surface area (Å²) in [7, 11) is 2.12. The summed E-state index contributed by atoms with van der Waals surface area (Å²) >= 11 is 0. The minimum Gasteiger partial charge on any atom is -0.374 e. The van der Waals surface area contributed by atoms with Crippen molar-refractivity contribution in [2.45, 2.75) is 31.8 Å². The summed E-state index contributed by atoms with van der Waals surface area (Å²) in [5.41, 5.74) is 4.85. The van der Waals surface area contributed by atoms with Crippen molar-refractivity contribution in [2.24, 2.45) is 0 Å². The van der Waals surface area contributed by atoms with Gasteiger partial charge in [-0.3, -0.25) is 14.5 Å². The largest absolute Gasteiger partial charge is 0.374 e. The molecule has 0 unspecified atom stereocenters. The molecule has 30 heavy (non-hydrogen) atoms. The predicted molar refractivity (Wildman–Crippen MR) is 118 cm³/mol. The first-order chi connectivity index (χ1) is 14.6. The molecule has 1 saturated heterocycles. The third-order valence-electron chi connectivity index (χ3n) is 6.16. The number of benzene rings is 2. The molecular formula is C24H30N4O2. The summed E-state index contributed by atoms with van der Waals surface area (Å²) in [5.74, 6) is -1.16. The molecule has 2 heterocycles. The van der Waals surface area contributed by atoms with Crippen molar-refractivity contribution < 1.29 is 9.59 Å². The average molecular weight is 407 g/mol. The first kappa shape index (κ1) is 20.4. The topological polar surface area (TPSA) is 64.7 Å². The zero-order valence-electron chi connectivity index (χ0n) is 17.6. The maximum Gasteiger partial charge on any atom is 0.309 e. The lowest BCUT2D eigenvalue weighted by Gasteiger charge is -2.28. The molecule has 0 bridgehead atoms. The zero-order valence-corrected chi connectivity index (χ0v) is 17.6. The molecule has 2 amide bonds. The van der Waals surface area contributed by atoms with Crippen LogP contribution >= 0.6 is 0 Å². The van der Waals surface area contributed by atoms with Gasteiger partial charge in [0, 0.05) is 32.4 Å². The summed E-state index contributed by atoms with van der Waals surface area (Å²) in [5, 5.41) is 5.57. The zero-order chi connectivity index (χ0) is 20.9. The van der Waals surface area contributed by atoms with Crippen LogP contribution in [-0.2, 0) is 22.6 Å². The van der Waals surface area contributed by atoms with Gasteiger partial charge >= 0.3 is 11.8 Å². The van der Waals surface area contributed by atoms with E-state index in [2.05, 4.69) is 45.7 Å². The molecule has 6 heteroatoms. The number of likely N-dealkylation sites (tertiary alicyclic amines) is 1. The Labute approximate surface area is 178 Å². The minimum atomic E-state index is -0.588. The number of nitrogens with one attached hydrogen (secondary N) is 2. The molecule has 2 N–H and O–H groups in total. The Morgan fingerprint density at radius 3 is 2.47 bits per heavy atom. The molecule has 2 aromatic rings. The van der Waals surface area contributed by atoms with Crippen LogP contribution in [0.25, 0.3) is 0 Å². The molecular weight excluding hydrogens is 376 g/mol. The van der Waals surface area contributed by atoms with Crippen molar-refractivity contribution in [2.75, 3.05) is 38.1 Å². The average Bonchev–Trinajstić information content (AvgIpc) is 3.43. The van der Waals surface area contributed by atoms with Crippen LogP contribution in [-0.4, -0.2) is 49.9 Å². The van der Waals surface area contributed by atoms with Crippen LogP contribution in [0.4, 0.5) is 5.69 Å². The van der Waals surface area contributed by atoms with Gasteiger partial charge in [0.1, 0.15) is 0 Å². The van der Waals surface area contributed by atoms with Gasteiger partial charge in [-0.25, -0.2) is 0 Å². The maximum atomic E-state index is 12.4. The highest BCUT2D eigenvalue weighted by Gasteiger charge is 2.26. The number of rotatable bonds is 6. The second-order valence-corrected chi connectivity index (χ2v) is 8.20. The second kappa shape index (κ2) is 9.30. The first-order valence-corrected chi connectivity index (χ1v) is 10.8. The fourth-order valence-electron chi connectivity index (χ4n) is 4.43. The molecule has 6 nitrogen and oxygen atoms in total. The molecule has 1 atom stereocenters. The van der Waals surface area contributed by atoms with Crippen molar-refractivity contribution in [1.82, 2.24) is 15.5 Å². The van der Waals surface area contributed by atoms with Crippen molar-refractivity contribution in [3.8, 4) is 0 Å². The molecule has 2 aromatic carbocycles. The Balaban J connectivity index is 1.39. The standard InChI is InChI=1S/C24H30N4O2/c1-27-14-11-20-15-19(9-10-21(20)27)22(28-12-5-6-13-28)17-26-24(30)23(29)25-16-18-7-3-2-4-8-18/h2-4,7-10,15,22H,5-6,11-14,16-17H2,1H3,(H,25,29)(H,26,30)/t22-/m1/s1. The van der Waals surface area contributed by atoms with Gasteiger partial charge in [-0.05, 0) is 55.1 Å². The second-order valence-electron chi connectivity index (χ2n) is 8.20. The molecule has 158 valence electrons. The van der Waals surface area contributed by atoms with E-state index in [4.69, 9.17) is 0 Å². The van der Waals surface area contributed by atoms with E-state index >= 15 is 0 Å². The van der Waals surface area contributed by atoms with E-state index in [-0.39, 0.29) is 6.04 Å². The Morgan fingerprint density at radius 2 is 1.70 bits per heavy atom. The van der Waals surface area contributed by atoms with Gasteiger partial charge in [-0.2, -0.15) is 0 Å². The van der Waals surface area contributed by atoms with Crippen LogP contribution in [0.3, 0.4) is 0 Å². The van der Waals surface area contributed by atoms with Crippen LogP contribution in [0.2, 0.25) is 0 Å². The summed E-state index contributed by atoms with van der Waals surface area (Å²) in [6, 6.07) is 16.3. The van der Waals surface area contributed by atoms with Gasteiger partial charge in [0.05, 0.1) is 6.04 Å². The van der Waals surface area contributed by atoms with Crippen molar-refractivity contribution in [1.29, 1.82) is 0 Å². The Hall–Kier alpha value is -2.86. The van der Waals surface area contributed by atoms with Crippen molar-refractivity contribution >= 4 is 17.5 Å². The quantitative estimate of drug-likeness (QED) is 0.723. The summed E-state index contributed by atoms with van der Waals surface area (Å²) < 4.78 is 0. The Morgan fingerprint density at radius 1 is 0.967 bits per heavy atom. The lowest BCUT2D eigenvalue weighted by atomic mass is 10.0. The monoisotopic (exact) mass is 406 g/mol. The number of likely N-dealkylation sites (N-methyl/N-ethyl adjacent to an activating group) is 1. The van der Waals surface area contributed by atoms with E-state index in [0.717, 1.165) is 31.6 Å². The smallest absolute Gasteiger partial charge is 0.309 e. The number of amides is 2. The third-order valence-corrected chi connectivity index (χ3v) is 6.16. The maximum absolute atomic E-state index is 12.4. The molecule has 4 rings (SSSR count). The number of carbonyl (C=O) groups is 2. The number of hydrogen-bond acceptors (Lipinski definition) is 4.